The lowest BCUT2D eigenvalue weighted by molar-refractivity contribution is -0.384. The van der Waals surface area contributed by atoms with Crippen LogP contribution in [0.15, 0.2) is 24.3 Å². The van der Waals surface area contributed by atoms with Crippen molar-refractivity contribution in [3.63, 3.8) is 0 Å². The van der Waals surface area contributed by atoms with Gasteiger partial charge in [0.15, 0.2) is 0 Å². The summed E-state index contributed by atoms with van der Waals surface area (Å²) < 4.78 is 0. The van der Waals surface area contributed by atoms with Crippen LogP contribution < -0.4 is 16.2 Å². The van der Waals surface area contributed by atoms with E-state index in [1.807, 2.05) is 0 Å². The Hall–Kier alpha value is -2.64. The van der Waals surface area contributed by atoms with E-state index in [0.29, 0.717) is 5.56 Å². The summed E-state index contributed by atoms with van der Waals surface area (Å²) in [6.45, 7) is 0. The summed E-state index contributed by atoms with van der Waals surface area (Å²) >= 11 is 0. The number of carbonyl (C=O) groups is 2. The molecule has 0 unspecified atom stereocenters. The van der Waals surface area contributed by atoms with Crippen LogP contribution in [-0.4, -0.2) is 22.9 Å². The average Bonchev–Trinajstić information content (AvgIpc) is 2.54. The number of hydrogen-bond acceptors (Lipinski definition) is 4. The largest absolute Gasteiger partial charge is 0.334 e. The number of nitrogens with one attached hydrogen (secondary N) is 3. The molecule has 3 amide bonds. The average molecular weight is 320 g/mol. The lowest BCUT2D eigenvalue weighted by Gasteiger charge is -2.22. The van der Waals surface area contributed by atoms with Gasteiger partial charge < -0.3 is 5.32 Å². The van der Waals surface area contributed by atoms with Crippen molar-refractivity contribution in [1.82, 2.24) is 16.2 Å². The molecule has 1 fully saturated rings. The van der Waals surface area contributed by atoms with Gasteiger partial charge in [0.25, 0.3) is 5.69 Å². The first kappa shape index (κ1) is 16.7. The Balaban J connectivity index is 1.71. The Labute approximate surface area is 133 Å². The molecule has 0 bridgehead atoms. The van der Waals surface area contributed by atoms with E-state index in [1.54, 1.807) is 0 Å². The van der Waals surface area contributed by atoms with Crippen molar-refractivity contribution in [3.05, 3.63) is 39.9 Å². The van der Waals surface area contributed by atoms with Gasteiger partial charge in [0.05, 0.1) is 11.3 Å². The molecule has 2 rings (SSSR count). The first-order valence-electron chi connectivity index (χ1n) is 7.63. The Kier molecular flexibility index (Phi) is 5.90. The number of rotatable bonds is 4. The van der Waals surface area contributed by atoms with Gasteiger partial charge in [0.2, 0.25) is 5.91 Å². The van der Waals surface area contributed by atoms with Crippen molar-refractivity contribution in [3.8, 4) is 0 Å². The van der Waals surface area contributed by atoms with Crippen LogP contribution in [0.25, 0.3) is 0 Å². The first-order valence-corrected chi connectivity index (χ1v) is 7.63. The maximum atomic E-state index is 11.7. The molecule has 0 saturated heterocycles. The Bertz CT molecular complexity index is 567. The Morgan fingerprint density at radius 2 is 1.74 bits per heavy atom. The number of nitro groups is 1. The van der Waals surface area contributed by atoms with Crippen molar-refractivity contribution in [1.29, 1.82) is 0 Å². The van der Waals surface area contributed by atoms with E-state index in [1.165, 1.54) is 30.7 Å². The highest BCUT2D eigenvalue weighted by molar-refractivity contribution is 5.82. The molecule has 1 aliphatic rings. The van der Waals surface area contributed by atoms with Crippen LogP contribution in [-0.2, 0) is 11.2 Å². The first-order chi connectivity index (χ1) is 11.0. The van der Waals surface area contributed by atoms with Gasteiger partial charge >= 0.3 is 6.03 Å². The van der Waals surface area contributed by atoms with Crippen LogP contribution in [0.3, 0.4) is 0 Å². The minimum Gasteiger partial charge on any atom is -0.334 e. The molecule has 1 saturated carbocycles. The predicted molar refractivity (Wildman–Crippen MR) is 83.5 cm³/mol. The van der Waals surface area contributed by atoms with Crippen LogP contribution in [0, 0.1) is 10.1 Å². The van der Waals surface area contributed by atoms with E-state index in [4.69, 9.17) is 0 Å². The fourth-order valence-electron chi connectivity index (χ4n) is 2.56. The molecule has 8 heteroatoms. The van der Waals surface area contributed by atoms with E-state index < -0.39 is 16.9 Å². The smallest absolute Gasteiger partial charge is 0.333 e. The van der Waals surface area contributed by atoms with Gasteiger partial charge in [0, 0.05) is 18.2 Å². The highest BCUT2D eigenvalue weighted by Crippen LogP contribution is 2.17. The van der Waals surface area contributed by atoms with Gasteiger partial charge in [-0.25, -0.2) is 10.2 Å². The standard InChI is InChI=1S/C15H20N4O4/c20-14(10-11-6-8-13(9-7-11)19(22)23)17-18-15(21)16-12-4-2-1-3-5-12/h6-9,12H,1-5,10H2,(H,17,20)(H2,16,18,21). The third-order valence-corrected chi connectivity index (χ3v) is 3.77. The summed E-state index contributed by atoms with van der Waals surface area (Å²) in [5.74, 6) is -0.391. The van der Waals surface area contributed by atoms with Gasteiger partial charge in [-0.15, -0.1) is 0 Å². The number of hydrogen-bond donors (Lipinski definition) is 3. The number of carbonyl (C=O) groups excluding carboxylic acids is 2. The van der Waals surface area contributed by atoms with E-state index >= 15 is 0 Å². The molecule has 0 heterocycles. The van der Waals surface area contributed by atoms with E-state index in [-0.39, 0.29) is 18.2 Å². The zero-order chi connectivity index (χ0) is 16.7. The summed E-state index contributed by atoms with van der Waals surface area (Å²) in [5, 5.41) is 13.4. The van der Waals surface area contributed by atoms with Gasteiger partial charge in [0.1, 0.15) is 0 Å². The van der Waals surface area contributed by atoms with Crippen LogP contribution >= 0.6 is 0 Å². The number of urea groups is 1. The lowest BCUT2D eigenvalue weighted by atomic mass is 9.96. The topological polar surface area (TPSA) is 113 Å². The van der Waals surface area contributed by atoms with Crippen molar-refractivity contribution in [2.24, 2.45) is 0 Å². The number of amides is 3. The van der Waals surface area contributed by atoms with E-state index in [2.05, 4.69) is 16.2 Å². The highest BCUT2D eigenvalue weighted by Gasteiger charge is 2.15. The molecular formula is C15H20N4O4. The van der Waals surface area contributed by atoms with Gasteiger partial charge in [-0.3, -0.25) is 20.3 Å². The van der Waals surface area contributed by atoms with E-state index in [0.717, 1.165) is 25.7 Å². The second-order valence-electron chi connectivity index (χ2n) is 5.58. The molecule has 0 spiro atoms. The number of hydrazine groups is 1. The fourth-order valence-corrected chi connectivity index (χ4v) is 2.56. The minimum absolute atomic E-state index is 0.0286. The predicted octanol–water partition coefficient (Wildman–Crippen LogP) is 1.80. The number of non-ortho nitro benzene ring substituents is 1. The minimum atomic E-state index is -0.499. The summed E-state index contributed by atoms with van der Waals surface area (Å²) in [7, 11) is 0. The number of nitro benzene ring substituents is 1. The Morgan fingerprint density at radius 1 is 1.09 bits per heavy atom. The van der Waals surface area contributed by atoms with Crippen molar-refractivity contribution >= 4 is 17.6 Å². The summed E-state index contributed by atoms with van der Waals surface area (Å²) in [4.78, 5) is 33.5. The molecule has 1 aromatic carbocycles. The van der Waals surface area contributed by atoms with Crippen LogP contribution in [0.2, 0.25) is 0 Å². The summed E-state index contributed by atoms with van der Waals surface area (Å²) in [6, 6.07) is 5.45. The van der Waals surface area contributed by atoms with Gasteiger partial charge in [-0.2, -0.15) is 0 Å². The van der Waals surface area contributed by atoms with Crippen molar-refractivity contribution in [2.75, 3.05) is 0 Å². The molecular weight excluding hydrogens is 300 g/mol. The normalized spacial score (nSPS) is 14.8. The molecule has 3 N–H and O–H groups in total. The van der Waals surface area contributed by atoms with Gasteiger partial charge in [-0.1, -0.05) is 31.4 Å². The van der Waals surface area contributed by atoms with Crippen LogP contribution in [0.4, 0.5) is 10.5 Å². The summed E-state index contributed by atoms with van der Waals surface area (Å²) in [6.07, 6.45) is 5.37. The Morgan fingerprint density at radius 3 is 2.35 bits per heavy atom. The lowest BCUT2D eigenvalue weighted by Crippen LogP contribution is -2.50. The third kappa shape index (κ3) is 5.57. The molecule has 0 radical (unpaired) electrons. The third-order valence-electron chi connectivity index (χ3n) is 3.77. The number of benzene rings is 1. The monoisotopic (exact) mass is 320 g/mol. The SMILES string of the molecule is O=C(Cc1ccc([N+](=O)[O-])cc1)NNC(=O)NC1CCCCC1. The molecule has 0 aromatic heterocycles. The second kappa shape index (κ2) is 8.11. The molecule has 124 valence electrons. The maximum Gasteiger partial charge on any atom is 0.333 e. The quantitative estimate of drug-likeness (QED) is 0.580. The maximum absolute atomic E-state index is 11.7. The highest BCUT2D eigenvalue weighted by atomic mass is 16.6. The number of nitrogens with zero attached hydrogens (tertiary/aromatic N) is 1. The van der Waals surface area contributed by atoms with Gasteiger partial charge in [-0.05, 0) is 18.4 Å². The molecule has 0 aliphatic heterocycles. The van der Waals surface area contributed by atoms with E-state index in [9.17, 15) is 19.7 Å². The molecule has 1 aliphatic carbocycles. The van der Waals surface area contributed by atoms with Crippen molar-refractivity contribution in [2.45, 2.75) is 44.6 Å². The zero-order valence-corrected chi connectivity index (χ0v) is 12.7. The zero-order valence-electron chi connectivity index (χ0n) is 12.7. The molecule has 8 nitrogen and oxygen atoms in total. The molecule has 1 aromatic rings. The van der Waals surface area contributed by atoms with Crippen LogP contribution in [0.1, 0.15) is 37.7 Å². The second-order valence-corrected chi connectivity index (χ2v) is 5.58. The fraction of sp³-hybridized carbons (Fsp3) is 0.467. The summed E-state index contributed by atoms with van der Waals surface area (Å²) in [5.41, 5.74) is 5.24. The van der Waals surface area contributed by atoms with Crippen LogP contribution in [0.5, 0.6) is 0 Å². The molecule has 0 atom stereocenters. The van der Waals surface area contributed by atoms with Crippen molar-refractivity contribution < 1.29 is 14.5 Å². The molecule has 23 heavy (non-hydrogen) atoms.